The number of nitrogens with one attached hydrogen (secondary N) is 5. The molecule has 10 fully saturated rings. The van der Waals surface area contributed by atoms with Gasteiger partial charge < -0.3 is 94.3 Å². The number of ketones is 1. The van der Waals surface area contributed by atoms with Crippen LogP contribution in [0.3, 0.4) is 0 Å². The van der Waals surface area contributed by atoms with Gasteiger partial charge in [-0.1, -0.05) is 46.1 Å². The van der Waals surface area contributed by atoms with Crippen LogP contribution in [0.5, 0.6) is 0 Å². The minimum atomic E-state index is -1.11. The lowest BCUT2D eigenvalue weighted by atomic mass is 9.81. The van der Waals surface area contributed by atoms with Gasteiger partial charge in [0.2, 0.25) is 17.7 Å². The lowest BCUT2D eigenvalue weighted by Crippen LogP contribution is -2.61. The number of aliphatic hydroxyl groups excluding tert-OH is 1. The maximum absolute atomic E-state index is 14.5. The van der Waals surface area contributed by atoms with Gasteiger partial charge in [-0.2, -0.15) is 0 Å². The second-order valence-electron chi connectivity index (χ2n) is 28.3. The van der Waals surface area contributed by atoms with Gasteiger partial charge in [-0.3, -0.25) is 33.7 Å². The van der Waals surface area contributed by atoms with E-state index in [9.17, 15) is 43.5 Å². The minimum absolute atomic E-state index is 0.00733. The number of methoxy groups -OCH3 is 1. The van der Waals surface area contributed by atoms with E-state index in [0.29, 0.717) is 43.4 Å². The van der Waals surface area contributed by atoms with Crippen LogP contribution in [0, 0.1) is 17.8 Å². The van der Waals surface area contributed by atoms with Crippen LogP contribution in [-0.2, 0) is 92.2 Å². The van der Waals surface area contributed by atoms with Crippen LogP contribution in [-0.4, -0.2) is 226 Å². The van der Waals surface area contributed by atoms with Gasteiger partial charge >= 0.3 is 12.1 Å². The van der Waals surface area contributed by atoms with E-state index in [2.05, 4.69) is 46.7 Å². The normalized spacial score (nSPS) is 34.4. The molecule has 0 radical (unpaired) electrons. The maximum atomic E-state index is 14.5. The predicted octanol–water partition coefficient (Wildman–Crippen LogP) is 3.77. The number of hydrogen-bond acceptors (Lipinski definition) is 21. The van der Waals surface area contributed by atoms with Crippen molar-refractivity contribution < 1.29 is 100 Å². The zero-order valence-electron chi connectivity index (χ0n) is 56.6. The largest absolute Gasteiger partial charge is 0.445 e. The number of ether oxygens (including phenoxy) is 12. The molecule has 0 saturated carbocycles. The molecule has 28 heteroatoms. The van der Waals surface area contributed by atoms with Crippen molar-refractivity contribution in [3.05, 3.63) is 66.3 Å². The van der Waals surface area contributed by atoms with Gasteiger partial charge in [-0.15, -0.1) is 0 Å². The summed E-state index contributed by atoms with van der Waals surface area (Å²) in [6.07, 6.45) is 3.08. The molecular formula is C70H99N7O21. The number of fused-ring (bicyclic) bond motifs is 6. The highest BCUT2D eigenvalue weighted by Gasteiger charge is 2.69. The first-order valence-electron chi connectivity index (χ1n) is 35.1. The molecule has 8 amide bonds. The summed E-state index contributed by atoms with van der Waals surface area (Å²) >= 11 is 0. The zero-order valence-corrected chi connectivity index (χ0v) is 56.6. The van der Waals surface area contributed by atoms with Crippen molar-refractivity contribution >= 4 is 53.1 Å². The van der Waals surface area contributed by atoms with Crippen LogP contribution in [0.1, 0.15) is 129 Å². The summed E-state index contributed by atoms with van der Waals surface area (Å²) in [6.45, 7) is 14.9. The Morgan fingerprint density at radius 1 is 0.745 bits per heavy atom. The van der Waals surface area contributed by atoms with Crippen molar-refractivity contribution in [1.29, 1.82) is 0 Å². The zero-order chi connectivity index (χ0) is 69.4. The third-order valence-electron chi connectivity index (χ3n) is 20.9. The molecular weight excluding hydrogens is 1270 g/mol. The highest BCUT2D eigenvalue weighted by Crippen LogP contribution is 2.54. The molecule has 21 atom stereocenters. The lowest BCUT2D eigenvalue weighted by Gasteiger charge is -2.47. The smallest absolute Gasteiger partial charge is 0.407 e. The second-order valence-corrected chi connectivity index (χ2v) is 28.3. The van der Waals surface area contributed by atoms with Gasteiger partial charge in [0.25, 0.3) is 11.8 Å². The number of imide groups is 1. The molecule has 28 nitrogen and oxygen atoms in total. The first kappa shape index (κ1) is 73.0. The summed E-state index contributed by atoms with van der Waals surface area (Å²) in [5.41, 5.74) is 8.22. The Morgan fingerprint density at radius 2 is 1.46 bits per heavy atom. The Hall–Kier alpha value is -6.28. The first-order valence-corrected chi connectivity index (χ1v) is 35.1. The average Bonchev–Trinajstić information content (AvgIpc) is 1.55. The van der Waals surface area contributed by atoms with Crippen molar-refractivity contribution in [3.8, 4) is 0 Å². The number of carbonyl (C=O) groups is 8. The predicted molar refractivity (Wildman–Crippen MR) is 348 cm³/mol. The van der Waals surface area contributed by atoms with Crippen LogP contribution in [0.15, 0.2) is 60.7 Å². The van der Waals surface area contributed by atoms with Crippen LogP contribution < -0.4 is 32.3 Å². The molecule has 11 aliphatic rings. The summed E-state index contributed by atoms with van der Waals surface area (Å²) in [6, 6.07) is 3.60. The Balaban J connectivity index is 0.658. The Morgan fingerprint density at radius 3 is 2.21 bits per heavy atom. The molecule has 540 valence electrons. The third kappa shape index (κ3) is 18.1. The monoisotopic (exact) mass is 1370 g/mol. The number of hydrogen-bond donors (Lipinski definition) is 7. The van der Waals surface area contributed by atoms with Crippen molar-refractivity contribution in [1.82, 2.24) is 26.2 Å². The summed E-state index contributed by atoms with van der Waals surface area (Å²) in [7, 11) is 1.58. The SMILES string of the molecule is C=C1C[C@@H]2CC[C@@]34CC5O[C@@H]6C(O[C@H]7CCC(CC(=O)C[C@H]8[C@H](CC9O[C@@H](CCC1O2)C[C@@H](C)C9=C)OC(C[C@H](O)CNC(=O)OCc1ccc(NC(=O)[C@H](CCCNC(N)=O)NC(=O)[C@@H](NC(=O)CCOCCOCCN2C(=O)C=CC2=O)C(C)C)cc1)[C@@H]8OC)O[C@@H]7[C@@H]6O3)[C@@H]5O4. The quantitative estimate of drug-likeness (QED) is 0.0394. The van der Waals surface area contributed by atoms with Crippen molar-refractivity contribution in [3.63, 3.8) is 0 Å². The molecule has 1 aromatic rings. The van der Waals surface area contributed by atoms with Crippen LogP contribution in [0.25, 0.3) is 0 Å². The van der Waals surface area contributed by atoms with Gasteiger partial charge in [0.15, 0.2) is 5.79 Å². The van der Waals surface area contributed by atoms with E-state index < -0.39 is 102 Å². The van der Waals surface area contributed by atoms with Crippen LogP contribution in [0.4, 0.5) is 15.3 Å². The van der Waals surface area contributed by atoms with Crippen LogP contribution in [0.2, 0.25) is 0 Å². The topological polar surface area (TPSA) is 357 Å². The number of alkyl carbamates (subject to hydrolysis) is 1. The number of nitrogens with two attached hydrogens (primary N) is 1. The van der Waals surface area contributed by atoms with Gasteiger partial charge in [0.1, 0.15) is 55.0 Å². The van der Waals surface area contributed by atoms with Crippen molar-refractivity contribution in [2.75, 3.05) is 58.5 Å². The van der Waals surface area contributed by atoms with E-state index in [-0.39, 0.29) is 170 Å². The van der Waals surface area contributed by atoms with E-state index in [1.807, 2.05) is 0 Å². The van der Waals surface area contributed by atoms with E-state index in [4.69, 9.17) is 62.6 Å². The van der Waals surface area contributed by atoms with Crippen molar-refractivity contribution in [2.45, 2.75) is 246 Å². The minimum Gasteiger partial charge on any atom is -0.445 e. The summed E-state index contributed by atoms with van der Waals surface area (Å²) < 4.78 is 77.3. The number of nitrogens with zero attached hydrogens (tertiary/aromatic N) is 1. The fourth-order valence-electron chi connectivity index (χ4n) is 15.7. The number of anilines is 1. The number of rotatable bonds is 26. The highest BCUT2D eigenvalue weighted by molar-refractivity contribution is 6.12. The summed E-state index contributed by atoms with van der Waals surface area (Å²) in [5.74, 6) is -3.98. The number of carbonyl (C=O) groups excluding carboxylic acids is 8. The molecule has 1 spiro atoms. The molecule has 12 rings (SSSR count). The summed E-state index contributed by atoms with van der Waals surface area (Å²) in [5, 5.41) is 25.0. The Labute approximate surface area is 571 Å². The van der Waals surface area contributed by atoms with Gasteiger partial charge in [-0.25, -0.2) is 9.59 Å². The van der Waals surface area contributed by atoms with Gasteiger partial charge in [0.05, 0.1) is 100 Å². The number of aliphatic hydroxyl groups is 1. The maximum Gasteiger partial charge on any atom is 0.407 e. The highest BCUT2D eigenvalue weighted by atomic mass is 16.8. The molecule has 0 aromatic heterocycles. The molecule has 11 heterocycles. The Bertz CT molecular complexity index is 3060. The van der Waals surface area contributed by atoms with Gasteiger partial charge in [-0.05, 0) is 98.5 Å². The molecule has 12 bridgehead atoms. The number of Topliss-reactive ketones (excluding diaryl/α,β-unsaturated/α-hetero) is 1. The van der Waals surface area contributed by atoms with E-state index in [0.717, 1.165) is 48.2 Å². The summed E-state index contributed by atoms with van der Waals surface area (Å²) in [4.78, 5) is 104. The third-order valence-corrected chi connectivity index (χ3v) is 20.9. The van der Waals surface area contributed by atoms with E-state index in [1.165, 1.54) is 12.2 Å². The molecule has 8 N–H and O–H groups in total. The number of amides is 8. The fraction of sp³-hybridized carbons (Fsp3) is 0.714. The van der Waals surface area contributed by atoms with E-state index in [1.54, 1.807) is 45.2 Å². The standard InChI is InChI=1S/C70H99N7O21/c1-37(2)59(76-56(80)20-24-88-26-27-89-25-23-77-57(81)17-18-58(77)82)67(84)75-49(8-7-22-72-68(71)85)66(83)74-42-11-9-41(10-12-42)36-90-69(86)73-35-44(79)32-54-60(87-6)48-31-43(78)30-46-14-16-51-61(93-46)65-64-63(95-51)62-55(96-64)34-70(97-62,98-65)21-19-47-29-39(4)50(91-47)15-13-45-28-38(3)40(5)52(92-45)33-53(48)94-54/h9-12,17-18,37-38,44-55,59-65,79H,4-5,7-8,13-16,19-36H2,1-3,6H3,(H,73,86)(H,74,83)(H,75,84)(H,76,80)(H3,71,72,85)/t38-,44+,45+,46?,47+,48+,49+,50?,51+,52?,53+,54?,55?,59+,60-,61+,62-,63?,64-,65+,70+/m1/s1. The molecule has 98 heavy (non-hydrogen) atoms. The molecule has 1 aromatic carbocycles. The van der Waals surface area contributed by atoms with Crippen molar-refractivity contribution in [2.24, 2.45) is 23.5 Å². The molecule has 11 aliphatic heterocycles. The molecule has 10 saturated heterocycles. The number of urea groups is 1. The number of benzene rings is 1. The fourth-order valence-corrected chi connectivity index (χ4v) is 15.7. The Kier molecular flexibility index (Phi) is 24.6. The second kappa shape index (κ2) is 33.0. The number of primary amides is 1. The molecule has 0 aliphatic carbocycles. The average molecular weight is 1370 g/mol. The van der Waals surface area contributed by atoms with Gasteiger partial charge in [0, 0.05) is 88.9 Å². The van der Waals surface area contributed by atoms with E-state index >= 15 is 0 Å². The van der Waals surface area contributed by atoms with Crippen LogP contribution >= 0.6 is 0 Å². The molecule has 6 unspecified atom stereocenters. The first-order chi connectivity index (χ1) is 47.1. The lowest BCUT2D eigenvalue weighted by molar-refractivity contribution is -0.292.